The third kappa shape index (κ3) is 6.91. The average molecular weight is 596 g/mol. The zero-order valence-electron chi connectivity index (χ0n) is 25.5. The number of rotatable bonds is 9. The number of fused-ring (bicyclic) bond motifs is 1. The molecule has 1 aliphatic rings. The summed E-state index contributed by atoms with van der Waals surface area (Å²) in [6.07, 6.45) is 1.73. The van der Waals surface area contributed by atoms with E-state index in [1.807, 2.05) is 95.9 Å². The van der Waals surface area contributed by atoms with E-state index in [2.05, 4.69) is 29.3 Å². The molecule has 6 heteroatoms. The fourth-order valence-electron chi connectivity index (χ4n) is 5.82. The van der Waals surface area contributed by atoms with Crippen molar-refractivity contribution in [1.29, 1.82) is 0 Å². The number of carbonyl (C=O) groups excluding carboxylic acids is 2. The zero-order valence-corrected chi connectivity index (χ0v) is 25.5. The van der Waals surface area contributed by atoms with Crippen molar-refractivity contribution in [3.8, 4) is 16.9 Å². The van der Waals surface area contributed by atoms with Crippen LogP contribution in [0, 0.1) is 6.92 Å². The summed E-state index contributed by atoms with van der Waals surface area (Å²) in [5, 5.41) is 3.00. The second kappa shape index (κ2) is 14.0. The van der Waals surface area contributed by atoms with Crippen molar-refractivity contribution in [1.82, 2.24) is 0 Å². The lowest BCUT2D eigenvalue weighted by molar-refractivity contribution is 0.0986. The smallest absolute Gasteiger partial charge is 0.258 e. The average Bonchev–Trinajstić information content (AvgIpc) is 3.27. The van der Waals surface area contributed by atoms with Crippen LogP contribution < -0.4 is 19.9 Å². The summed E-state index contributed by atoms with van der Waals surface area (Å²) in [7, 11) is 0. The normalized spacial score (nSPS) is 12.6. The fourth-order valence-corrected chi connectivity index (χ4v) is 5.82. The van der Waals surface area contributed by atoms with Crippen molar-refractivity contribution in [2.24, 2.45) is 0 Å². The van der Waals surface area contributed by atoms with E-state index in [0.29, 0.717) is 30.0 Å². The molecule has 0 saturated carbocycles. The Balaban J connectivity index is 1.12. The summed E-state index contributed by atoms with van der Waals surface area (Å²) in [6, 6.07) is 40.8. The van der Waals surface area contributed by atoms with E-state index in [-0.39, 0.29) is 11.8 Å². The summed E-state index contributed by atoms with van der Waals surface area (Å²) in [5.74, 6) is 0.673. The van der Waals surface area contributed by atoms with Crippen molar-refractivity contribution >= 4 is 28.9 Å². The number of nitrogens with one attached hydrogen (secondary N) is 1. The second-order valence-electron chi connectivity index (χ2n) is 11.2. The molecule has 0 radical (unpaired) electrons. The molecule has 45 heavy (non-hydrogen) atoms. The molecule has 0 unspecified atom stereocenters. The Morgan fingerprint density at radius 1 is 0.733 bits per heavy atom. The van der Waals surface area contributed by atoms with Crippen molar-refractivity contribution in [2.45, 2.75) is 19.8 Å². The largest absolute Gasteiger partial charge is 0.493 e. The van der Waals surface area contributed by atoms with Crippen LogP contribution in [-0.2, 0) is 0 Å². The van der Waals surface area contributed by atoms with Crippen molar-refractivity contribution in [3.63, 3.8) is 0 Å². The minimum atomic E-state index is -0.195. The molecule has 0 atom stereocenters. The second-order valence-corrected chi connectivity index (χ2v) is 11.2. The predicted octanol–water partition coefficient (Wildman–Crippen LogP) is 8.24. The van der Waals surface area contributed by atoms with Crippen LogP contribution in [0.15, 0.2) is 127 Å². The summed E-state index contributed by atoms with van der Waals surface area (Å²) in [6.45, 7) is 5.02. The maximum absolute atomic E-state index is 13.8. The SMILES string of the molecule is Cc1ccccc1OCCCN1CCCN(C(=O)c2ccc(NC(=O)c3ccccc3-c3ccccc3)cc2)c2ccccc21. The molecule has 6 rings (SSSR count). The third-order valence-electron chi connectivity index (χ3n) is 8.14. The molecular formula is C39H37N3O3. The van der Waals surface area contributed by atoms with Gasteiger partial charge in [0.1, 0.15) is 5.75 Å². The Morgan fingerprint density at radius 3 is 2.22 bits per heavy atom. The Labute approximate surface area is 264 Å². The predicted molar refractivity (Wildman–Crippen MR) is 183 cm³/mol. The lowest BCUT2D eigenvalue weighted by Crippen LogP contribution is -2.31. The number of carbonyl (C=O) groups is 2. The van der Waals surface area contributed by atoms with E-state index in [1.54, 1.807) is 24.3 Å². The van der Waals surface area contributed by atoms with Crippen LogP contribution in [0.4, 0.5) is 17.1 Å². The van der Waals surface area contributed by atoms with Gasteiger partial charge in [-0.3, -0.25) is 9.59 Å². The van der Waals surface area contributed by atoms with Crippen LogP contribution in [0.3, 0.4) is 0 Å². The summed E-state index contributed by atoms with van der Waals surface area (Å²) >= 11 is 0. The van der Waals surface area contributed by atoms with Gasteiger partial charge in [0.05, 0.1) is 18.0 Å². The molecule has 226 valence electrons. The van der Waals surface area contributed by atoms with Crippen LogP contribution in [0.2, 0.25) is 0 Å². The number of amides is 2. The molecule has 0 aromatic heterocycles. The summed E-state index contributed by atoms with van der Waals surface area (Å²) in [4.78, 5) is 31.3. The van der Waals surface area contributed by atoms with Gasteiger partial charge in [-0.25, -0.2) is 0 Å². The van der Waals surface area contributed by atoms with Gasteiger partial charge < -0.3 is 19.9 Å². The highest BCUT2D eigenvalue weighted by atomic mass is 16.5. The number of benzene rings is 5. The zero-order chi connectivity index (χ0) is 31.0. The van der Waals surface area contributed by atoms with Gasteiger partial charge in [-0.05, 0) is 85.0 Å². The van der Waals surface area contributed by atoms with Gasteiger partial charge in [0.25, 0.3) is 11.8 Å². The number of nitrogens with zero attached hydrogens (tertiary/aromatic N) is 2. The topological polar surface area (TPSA) is 61.9 Å². The van der Waals surface area contributed by atoms with E-state index in [1.165, 1.54) is 0 Å². The maximum atomic E-state index is 13.8. The van der Waals surface area contributed by atoms with Crippen molar-refractivity contribution in [3.05, 3.63) is 144 Å². The molecular weight excluding hydrogens is 558 g/mol. The van der Waals surface area contributed by atoms with Gasteiger partial charge in [-0.2, -0.15) is 0 Å². The molecule has 5 aromatic rings. The third-order valence-corrected chi connectivity index (χ3v) is 8.14. The van der Waals surface area contributed by atoms with Gasteiger partial charge in [-0.1, -0.05) is 78.9 Å². The molecule has 1 N–H and O–H groups in total. The van der Waals surface area contributed by atoms with Gasteiger partial charge in [-0.15, -0.1) is 0 Å². The first-order valence-corrected chi connectivity index (χ1v) is 15.5. The molecule has 0 spiro atoms. The molecule has 0 aliphatic carbocycles. The van der Waals surface area contributed by atoms with E-state index < -0.39 is 0 Å². The van der Waals surface area contributed by atoms with Gasteiger partial charge in [0.2, 0.25) is 0 Å². The number of hydrogen-bond donors (Lipinski definition) is 1. The molecule has 6 nitrogen and oxygen atoms in total. The number of hydrogen-bond acceptors (Lipinski definition) is 4. The molecule has 5 aromatic carbocycles. The number of aryl methyl sites for hydroxylation is 1. The molecule has 2 amide bonds. The first-order chi connectivity index (χ1) is 22.1. The summed E-state index contributed by atoms with van der Waals surface area (Å²) < 4.78 is 6.03. The number of para-hydroxylation sites is 3. The van der Waals surface area contributed by atoms with Crippen LogP contribution >= 0.6 is 0 Å². The van der Waals surface area contributed by atoms with Crippen LogP contribution in [0.25, 0.3) is 11.1 Å². The van der Waals surface area contributed by atoms with E-state index in [4.69, 9.17) is 4.74 Å². The molecule has 1 heterocycles. The highest BCUT2D eigenvalue weighted by molar-refractivity contribution is 6.10. The molecule has 0 saturated heterocycles. The lowest BCUT2D eigenvalue weighted by atomic mass is 9.99. The molecule has 1 aliphatic heterocycles. The Hall–Kier alpha value is -5.36. The maximum Gasteiger partial charge on any atom is 0.258 e. The van der Waals surface area contributed by atoms with Gasteiger partial charge >= 0.3 is 0 Å². The fraction of sp³-hybridized carbons (Fsp3) is 0.179. The van der Waals surface area contributed by atoms with Gasteiger partial charge in [0.15, 0.2) is 0 Å². The lowest BCUT2D eigenvalue weighted by Gasteiger charge is -2.27. The van der Waals surface area contributed by atoms with Crippen molar-refractivity contribution < 1.29 is 14.3 Å². The highest BCUT2D eigenvalue weighted by Crippen LogP contribution is 2.33. The Morgan fingerprint density at radius 2 is 1.42 bits per heavy atom. The first kappa shape index (κ1) is 29.7. The first-order valence-electron chi connectivity index (χ1n) is 15.5. The minimum Gasteiger partial charge on any atom is -0.493 e. The van der Waals surface area contributed by atoms with E-state index >= 15 is 0 Å². The highest BCUT2D eigenvalue weighted by Gasteiger charge is 2.25. The Kier molecular flexibility index (Phi) is 9.21. The van der Waals surface area contributed by atoms with Gasteiger partial charge in [0, 0.05) is 36.4 Å². The van der Waals surface area contributed by atoms with Crippen LogP contribution in [0.5, 0.6) is 5.75 Å². The van der Waals surface area contributed by atoms with Crippen LogP contribution in [0.1, 0.15) is 39.1 Å². The Bertz CT molecular complexity index is 1770. The standard InChI is InChI=1S/C39H37N3O3/c1-29-13-5-10-20-37(29)45-28-12-26-41-25-11-27-42(36-19-9-8-18-35(36)41)39(44)31-21-23-32(24-22-31)40-38(43)34-17-7-6-16-33(34)30-14-3-2-4-15-30/h2-10,13-24H,11-12,25-28H2,1H3,(H,40,43). The molecule has 0 bridgehead atoms. The monoisotopic (exact) mass is 595 g/mol. The van der Waals surface area contributed by atoms with E-state index in [9.17, 15) is 9.59 Å². The number of anilines is 3. The van der Waals surface area contributed by atoms with Crippen LogP contribution in [-0.4, -0.2) is 38.1 Å². The minimum absolute atomic E-state index is 0.0560. The van der Waals surface area contributed by atoms with E-state index in [0.717, 1.165) is 59.7 Å². The number of ether oxygens (including phenoxy) is 1. The molecule has 0 fully saturated rings. The quantitative estimate of drug-likeness (QED) is 0.174. The summed E-state index contributed by atoms with van der Waals surface area (Å²) in [5.41, 5.74) is 6.76. The van der Waals surface area contributed by atoms with Crippen molar-refractivity contribution in [2.75, 3.05) is 41.4 Å².